The molecule has 2 rings (SSSR count). The monoisotopic (exact) mass is 650 g/mol. The molecule has 0 unspecified atom stereocenters. The minimum atomic E-state index is -4.84. The van der Waals surface area contributed by atoms with Gasteiger partial charge in [0.2, 0.25) is 0 Å². The molecule has 0 atom stereocenters. The molecule has 2 aromatic rings. The zero-order valence-corrected chi connectivity index (χ0v) is 23.2. The molecule has 0 aliphatic carbocycles. The Balaban J connectivity index is 1.99. The predicted octanol–water partition coefficient (Wildman–Crippen LogP) is 5.98. The van der Waals surface area contributed by atoms with Crippen LogP contribution in [0.3, 0.4) is 0 Å². The molecule has 0 aliphatic heterocycles. The normalized spacial score (nSPS) is 13.3. The highest BCUT2D eigenvalue weighted by Gasteiger charge is 2.35. The summed E-state index contributed by atoms with van der Waals surface area (Å²) >= 11 is -1.39. The van der Waals surface area contributed by atoms with Gasteiger partial charge in [0.05, 0.1) is 0 Å². The molecule has 9 nitrogen and oxygen atoms in total. The summed E-state index contributed by atoms with van der Waals surface area (Å²) in [6, 6.07) is 6.63. The Hall–Kier alpha value is -1.31. The minimum Gasteiger partial charge on any atom is -0.282 e. The van der Waals surface area contributed by atoms with Crippen molar-refractivity contribution in [1.82, 2.24) is 0 Å². The molecule has 2 aromatic carbocycles. The van der Waals surface area contributed by atoms with E-state index in [1.165, 1.54) is 38.1 Å². The maximum atomic E-state index is 12.8. The van der Waals surface area contributed by atoms with Crippen LogP contribution in [0.4, 0.5) is 26.3 Å². The lowest BCUT2D eigenvalue weighted by molar-refractivity contribution is -0.0338. The van der Waals surface area contributed by atoms with Gasteiger partial charge in [0.25, 0.3) is 0 Å². The Morgan fingerprint density at radius 1 is 0.711 bits per heavy atom. The Morgan fingerprint density at radius 3 is 1.37 bits per heavy atom. The van der Waals surface area contributed by atoms with E-state index < -0.39 is 96.2 Å². The standard InChI is InChI=1S/C18H17F6O9PS4/c1-11-5-3-7-13(35-17(19,20)21)15(11)37(26,27)32-9-30-34(25)31-10-33-38(28,29)16-12(2)6-4-8-14(16)36-18(22,23)24/h3-8,34H,9-10H2,1-2H3. The lowest BCUT2D eigenvalue weighted by atomic mass is 10.2. The highest BCUT2D eigenvalue weighted by atomic mass is 32.2. The summed E-state index contributed by atoms with van der Waals surface area (Å²) < 4.78 is 156. The number of alkyl halides is 6. The van der Waals surface area contributed by atoms with Gasteiger partial charge >= 0.3 is 39.5 Å². The van der Waals surface area contributed by atoms with Crippen LogP contribution >= 0.6 is 31.8 Å². The number of rotatable bonds is 12. The van der Waals surface area contributed by atoms with Gasteiger partial charge in [-0.3, -0.25) is 13.6 Å². The van der Waals surface area contributed by atoms with Crippen LogP contribution in [0.2, 0.25) is 0 Å². The van der Waals surface area contributed by atoms with Crippen molar-refractivity contribution < 1.29 is 65.2 Å². The molecule has 0 spiro atoms. The number of aryl methyl sites for hydroxylation is 2. The first-order valence-corrected chi connectivity index (χ1v) is 15.3. The van der Waals surface area contributed by atoms with Crippen LogP contribution in [-0.2, 0) is 42.2 Å². The van der Waals surface area contributed by atoms with E-state index in [1.54, 1.807) is 0 Å². The van der Waals surface area contributed by atoms with Crippen molar-refractivity contribution in [2.24, 2.45) is 0 Å². The quantitative estimate of drug-likeness (QED) is 0.0887. The van der Waals surface area contributed by atoms with Crippen LogP contribution in [-0.4, -0.2) is 41.4 Å². The number of benzene rings is 2. The van der Waals surface area contributed by atoms with Gasteiger partial charge in [0.1, 0.15) is 9.79 Å². The molecule has 38 heavy (non-hydrogen) atoms. The minimum absolute atomic E-state index is 0.0824. The zero-order valence-electron chi connectivity index (χ0n) is 19.0. The van der Waals surface area contributed by atoms with Gasteiger partial charge in [-0.1, -0.05) is 24.3 Å². The fourth-order valence-corrected chi connectivity index (χ4v) is 7.60. The first-order valence-electron chi connectivity index (χ1n) is 9.61. The van der Waals surface area contributed by atoms with E-state index in [-0.39, 0.29) is 11.1 Å². The van der Waals surface area contributed by atoms with Crippen LogP contribution in [0.25, 0.3) is 0 Å². The molecule has 0 heterocycles. The Labute approximate surface area is 222 Å². The summed E-state index contributed by atoms with van der Waals surface area (Å²) in [5.41, 5.74) is -9.78. The molecule has 0 amide bonds. The van der Waals surface area contributed by atoms with E-state index in [0.717, 1.165) is 12.1 Å². The summed E-state index contributed by atoms with van der Waals surface area (Å²) in [4.78, 5) is -2.96. The van der Waals surface area contributed by atoms with Gasteiger partial charge in [-0.2, -0.15) is 43.2 Å². The second-order valence-corrected chi connectivity index (χ2v) is 13.2. The van der Waals surface area contributed by atoms with Gasteiger partial charge in [-0.05, 0) is 60.6 Å². The first-order chi connectivity index (χ1) is 17.3. The summed E-state index contributed by atoms with van der Waals surface area (Å²) in [7, 11) is -13.4. The summed E-state index contributed by atoms with van der Waals surface area (Å²) in [6.45, 7) is -0.147. The molecule has 214 valence electrons. The molecule has 0 aromatic heterocycles. The van der Waals surface area contributed by atoms with E-state index in [2.05, 4.69) is 17.4 Å². The molecule has 0 fully saturated rings. The van der Waals surface area contributed by atoms with Crippen LogP contribution in [0.5, 0.6) is 0 Å². The molecule has 20 heteroatoms. The molecule has 0 aliphatic rings. The van der Waals surface area contributed by atoms with Crippen molar-refractivity contribution in [3.63, 3.8) is 0 Å². The number of hydrogen-bond acceptors (Lipinski definition) is 11. The third-order valence-electron chi connectivity index (χ3n) is 4.06. The van der Waals surface area contributed by atoms with Gasteiger partial charge in [0, 0.05) is 9.79 Å². The fraction of sp³-hybridized carbons (Fsp3) is 0.333. The van der Waals surface area contributed by atoms with Gasteiger partial charge in [0.15, 0.2) is 13.6 Å². The van der Waals surface area contributed by atoms with E-state index in [0.29, 0.717) is 0 Å². The smallest absolute Gasteiger partial charge is 0.282 e. The molecule has 0 bridgehead atoms. The second-order valence-electron chi connectivity index (χ2n) is 6.82. The molecular formula is C18H17F6O9PS4. The third-order valence-corrected chi connectivity index (χ3v) is 9.51. The SMILES string of the molecule is Cc1cccc(SC(F)(F)F)c1S(=O)(=O)OCO[PH](=O)OCOS(=O)(=O)c1c(C)cccc1SC(F)(F)F. The number of hydrogen-bond donors (Lipinski definition) is 0. The summed E-state index contributed by atoms with van der Waals surface area (Å²) in [5, 5.41) is 0. The van der Waals surface area contributed by atoms with Crippen molar-refractivity contribution in [3.8, 4) is 0 Å². The lowest BCUT2D eigenvalue weighted by Crippen LogP contribution is -2.13. The maximum absolute atomic E-state index is 12.8. The summed E-state index contributed by atoms with van der Waals surface area (Å²) in [6.07, 6.45) is 0. The third kappa shape index (κ3) is 10.0. The lowest BCUT2D eigenvalue weighted by Gasteiger charge is -2.14. The van der Waals surface area contributed by atoms with Gasteiger partial charge in [-0.15, -0.1) is 0 Å². The average molecular weight is 651 g/mol. The second kappa shape index (κ2) is 12.9. The fourth-order valence-electron chi connectivity index (χ4n) is 2.73. The van der Waals surface area contributed by atoms with E-state index in [1.807, 2.05) is 0 Å². The molecule has 0 saturated heterocycles. The predicted molar refractivity (Wildman–Crippen MR) is 124 cm³/mol. The van der Waals surface area contributed by atoms with Crippen molar-refractivity contribution in [1.29, 1.82) is 0 Å². The molecule has 0 radical (unpaired) electrons. The summed E-state index contributed by atoms with van der Waals surface area (Å²) in [5.74, 6) is 0. The maximum Gasteiger partial charge on any atom is 0.446 e. The largest absolute Gasteiger partial charge is 0.446 e. The van der Waals surface area contributed by atoms with Crippen molar-refractivity contribution in [2.45, 2.75) is 44.4 Å². The average Bonchev–Trinajstić information content (AvgIpc) is 2.70. The van der Waals surface area contributed by atoms with Crippen LogP contribution in [0.15, 0.2) is 56.0 Å². The molecular weight excluding hydrogens is 633 g/mol. The van der Waals surface area contributed by atoms with Crippen molar-refractivity contribution in [2.75, 3.05) is 13.6 Å². The van der Waals surface area contributed by atoms with Gasteiger partial charge in [-0.25, -0.2) is 8.37 Å². The van der Waals surface area contributed by atoms with Crippen molar-refractivity contribution >= 4 is 52.0 Å². The highest BCUT2D eigenvalue weighted by Crippen LogP contribution is 2.42. The Kier molecular flexibility index (Phi) is 11.2. The first kappa shape index (κ1) is 32.9. The van der Waals surface area contributed by atoms with Gasteiger partial charge < -0.3 is 0 Å². The van der Waals surface area contributed by atoms with E-state index in [4.69, 9.17) is 0 Å². The highest BCUT2D eigenvalue weighted by molar-refractivity contribution is 8.01. The Bertz CT molecular complexity index is 1280. The Morgan fingerprint density at radius 2 is 1.05 bits per heavy atom. The number of halogens is 6. The van der Waals surface area contributed by atoms with E-state index >= 15 is 0 Å². The van der Waals surface area contributed by atoms with Crippen LogP contribution < -0.4 is 0 Å². The molecule has 0 N–H and O–H groups in total. The van der Waals surface area contributed by atoms with Crippen LogP contribution in [0.1, 0.15) is 11.1 Å². The van der Waals surface area contributed by atoms with Crippen molar-refractivity contribution in [3.05, 3.63) is 47.5 Å². The topological polar surface area (TPSA) is 122 Å². The zero-order chi connectivity index (χ0) is 28.9. The molecule has 0 saturated carbocycles. The van der Waals surface area contributed by atoms with Crippen LogP contribution in [0, 0.1) is 13.8 Å². The van der Waals surface area contributed by atoms with E-state index in [9.17, 15) is 47.7 Å². The number of thioether (sulfide) groups is 2.